The first-order valence-electron chi connectivity index (χ1n) is 6.30. The van der Waals surface area contributed by atoms with Crippen LogP contribution in [0.15, 0.2) is 18.2 Å². The van der Waals surface area contributed by atoms with Gasteiger partial charge >= 0.3 is 0 Å². The highest BCUT2D eigenvalue weighted by Crippen LogP contribution is 2.19. The Balaban J connectivity index is 2.48. The van der Waals surface area contributed by atoms with Crippen LogP contribution in [0.5, 0.6) is 0 Å². The first-order valence-corrected chi connectivity index (χ1v) is 6.30. The van der Waals surface area contributed by atoms with Crippen molar-refractivity contribution in [2.45, 2.75) is 32.7 Å². The molecule has 0 aliphatic carbocycles. The van der Waals surface area contributed by atoms with E-state index in [2.05, 4.69) is 22.5 Å². The zero-order chi connectivity index (χ0) is 13.0. The maximum absolute atomic E-state index is 8.93. The third-order valence-corrected chi connectivity index (χ3v) is 2.96. The van der Waals surface area contributed by atoms with Gasteiger partial charge in [0.2, 0.25) is 0 Å². The number of benzene rings is 1. The zero-order valence-electron chi connectivity index (χ0n) is 10.6. The maximum atomic E-state index is 8.93. The molecule has 2 rings (SSSR count). The molecule has 0 fully saturated rings. The van der Waals surface area contributed by atoms with Crippen molar-refractivity contribution in [3.05, 3.63) is 29.6 Å². The van der Waals surface area contributed by atoms with E-state index in [0.717, 1.165) is 42.7 Å². The molecule has 0 unspecified atom stereocenters. The summed E-state index contributed by atoms with van der Waals surface area (Å²) in [5.41, 5.74) is 2.58. The minimum atomic E-state index is 0.179. The molecule has 0 spiro atoms. The molecule has 94 valence electrons. The fourth-order valence-electron chi connectivity index (χ4n) is 2.15. The molecule has 1 heterocycles. The fourth-order valence-corrected chi connectivity index (χ4v) is 2.15. The van der Waals surface area contributed by atoms with Crippen molar-refractivity contribution in [1.82, 2.24) is 9.55 Å². The first kappa shape index (κ1) is 12.6. The number of fused-ring (bicyclic) bond motifs is 1. The second kappa shape index (κ2) is 5.65. The smallest absolute Gasteiger partial charge is 0.109 e. The first-order chi connectivity index (χ1) is 8.80. The van der Waals surface area contributed by atoms with E-state index in [1.807, 2.05) is 18.2 Å². The molecular weight excluding hydrogens is 226 g/mol. The van der Waals surface area contributed by atoms with Crippen molar-refractivity contribution in [2.75, 3.05) is 6.61 Å². The summed E-state index contributed by atoms with van der Waals surface area (Å²) in [6.07, 6.45) is 2.53. The Kier molecular flexibility index (Phi) is 3.96. The van der Waals surface area contributed by atoms with Gasteiger partial charge in [-0.1, -0.05) is 6.92 Å². The summed E-state index contributed by atoms with van der Waals surface area (Å²) in [7, 11) is 0. The minimum absolute atomic E-state index is 0.179. The van der Waals surface area contributed by atoms with Gasteiger partial charge in [-0.2, -0.15) is 5.26 Å². The molecular formula is C14H17N3O. The lowest BCUT2D eigenvalue weighted by Gasteiger charge is -2.06. The Morgan fingerprint density at radius 2 is 2.28 bits per heavy atom. The number of aryl methyl sites for hydroxylation is 2. The van der Waals surface area contributed by atoms with Gasteiger partial charge in [-0.3, -0.25) is 0 Å². The third kappa shape index (κ3) is 2.36. The van der Waals surface area contributed by atoms with Crippen molar-refractivity contribution in [2.24, 2.45) is 0 Å². The average molecular weight is 243 g/mol. The van der Waals surface area contributed by atoms with Gasteiger partial charge in [-0.05, 0) is 31.0 Å². The topological polar surface area (TPSA) is 61.8 Å². The predicted octanol–water partition coefficient (Wildman–Crippen LogP) is 2.24. The van der Waals surface area contributed by atoms with Gasteiger partial charge in [0.05, 0.1) is 22.7 Å². The van der Waals surface area contributed by atoms with Crippen LogP contribution in [-0.4, -0.2) is 21.3 Å². The van der Waals surface area contributed by atoms with Crippen LogP contribution in [0.3, 0.4) is 0 Å². The molecule has 0 aliphatic heterocycles. The summed E-state index contributed by atoms with van der Waals surface area (Å²) < 4.78 is 2.19. The van der Waals surface area contributed by atoms with Crippen LogP contribution in [0.25, 0.3) is 11.0 Å². The largest absolute Gasteiger partial charge is 0.396 e. The van der Waals surface area contributed by atoms with Crippen molar-refractivity contribution >= 4 is 11.0 Å². The second-order valence-electron chi connectivity index (χ2n) is 4.32. The molecule has 4 heteroatoms. The molecule has 0 amide bonds. The Labute approximate surface area is 106 Å². The van der Waals surface area contributed by atoms with E-state index < -0.39 is 0 Å². The van der Waals surface area contributed by atoms with E-state index >= 15 is 0 Å². The van der Waals surface area contributed by atoms with E-state index in [-0.39, 0.29) is 6.61 Å². The van der Waals surface area contributed by atoms with Crippen LogP contribution in [0.1, 0.15) is 31.2 Å². The van der Waals surface area contributed by atoms with Gasteiger partial charge in [0.1, 0.15) is 5.82 Å². The monoisotopic (exact) mass is 243 g/mol. The highest BCUT2D eigenvalue weighted by atomic mass is 16.2. The molecule has 0 saturated carbocycles. The van der Waals surface area contributed by atoms with E-state index in [1.54, 1.807) is 0 Å². The van der Waals surface area contributed by atoms with Gasteiger partial charge < -0.3 is 9.67 Å². The maximum Gasteiger partial charge on any atom is 0.109 e. The van der Waals surface area contributed by atoms with Gasteiger partial charge in [0.25, 0.3) is 0 Å². The molecule has 1 aromatic heterocycles. The number of nitrogens with zero attached hydrogens (tertiary/aromatic N) is 3. The summed E-state index contributed by atoms with van der Waals surface area (Å²) in [4.78, 5) is 4.58. The molecule has 0 saturated heterocycles. The summed E-state index contributed by atoms with van der Waals surface area (Å²) in [5.74, 6) is 0.996. The zero-order valence-corrected chi connectivity index (χ0v) is 10.6. The van der Waals surface area contributed by atoms with Gasteiger partial charge in [-0.15, -0.1) is 0 Å². The Bertz CT molecular complexity index is 580. The van der Waals surface area contributed by atoms with Crippen molar-refractivity contribution in [3.8, 4) is 6.07 Å². The van der Waals surface area contributed by atoms with Crippen LogP contribution in [-0.2, 0) is 13.0 Å². The van der Waals surface area contributed by atoms with Crippen molar-refractivity contribution in [3.63, 3.8) is 0 Å². The van der Waals surface area contributed by atoms with Crippen LogP contribution < -0.4 is 0 Å². The number of hydrogen-bond acceptors (Lipinski definition) is 3. The lowest BCUT2D eigenvalue weighted by molar-refractivity contribution is 0.287. The van der Waals surface area contributed by atoms with E-state index in [1.165, 1.54) is 0 Å². The molecule has 0 aliphatic rings. The van der Waals surface area contributed by atoms with E-state index in [4.69, 9.17) is 10.4 Å². The fraction of sp³-hybridized carbons (Fsp3) is 0.429. The lowest BCUT2D eigenvalue weighted by Crippen LogP contribution is -2.04. The molecule has 1 aromatic carbocycles. The minimum Gasteiger partial charge on any atom is -0.396 e. The summed E-state index contributed by atoms with van der Waals surface area (Å²) in [6.45, 7) is 3.23. The summed E-state index contributed by atoms with van der Waals surface area (Å²) in [6, 6.07) is 7.74. The van der Waals surface area contributed by atoms with Crippen molar-refractivity contribution < 1.29 is 5.11 Å². The standard InChI is InChI=1S/C14H17N3O/c1-2-7-17-13-6-5-11(10-15)9-12(13)16-14(17)4-3-8-18/h5-6,9,18H,2-4,7-8H2,1H3. The van der Waals surface area contributed by atoms with Gasteiger partial charge in [-0.25, -0.2) is 4.98 Å². The predicted molar refractivity (Wildman–Crippen MR) is 70.1 cm³/mol. The summed E-state index contributed by atoms with van der Waals surface area (Å²) >= 11 is 0. The number of hydrogen-bond donors (Lipinski definition) is 1. The Morgan fingerprint density at radius 3 is 2.94 bits per heavy atom. The average Bonchev–Trinajstić information content (AvgIpc) is 2.74. The van der Waals surface area contributed by atoms with Crippen LogP contribution in [0.2, 0.25) is 0 Å². The number of aromatic nitrogens is 2. The molecule has 18 heavy (non-hydrogen) atoms. The molecule has 2 aromatic rings. The second-order valence-corrected chi connectivity index (χ2v) is 4.32. The number of aliphatic hydroxyl groups is 1. The molecule has 0 atom stereocenters. The SMILES string of the molecule is CCCn1c(CCCO)nc2cc(C#N)ccc21. The molecule has 0 radical (unpaired) electrons. The van der Waals surface area contributed by atoms with Gasteiger partial charge in [0.15, 0.2) is 0 Å². The van der Waals surface area contributed by atoms with Crippen LogP contribution >= 0.6 is 0 Å². The highest BCUT2D eigenvalue weighted by molar-refractivity contribution is 5.77. The lowest BCUT2D eigenvalue weighted by atomic mass is 10.2. The molecule has 1 N–H and O–H groups in total. The van der Waals surface area contributed by atoms with Gasteiger partial charge in [0, 0.05) is 19.6 Å². The highest BCUT2D eigenvalue weighted by Gasteiger charge is 2.10. The number of aliphatic hydroxyl groups excluding tert-OH is 1. The quantitative estimate of drug-likeness (QED) is 0.876. The van der Waals surface area contributed by atoms with Crippen LogP contribution in [0.4, 0.5) is 0 Å². The Morgan fingerprint density at radius 1 is 1.44 bits per heavy atom. The number of rotatable bonds is 5. The third-order valence-electron chi connectivity index (χ3n) is 2.96. The van der Waals surface area contributed by atoms with E-state index in [9.17, 15) is 0 Å². The number of imidazole rings is 1. The van der Waals surface area contributed by atoms with Crippen LogP contribution in [0, 0.1) is 11.3 Å². The van der Waals surface area contributed by atoms with Crippen molar-refractivity contribution in [1.29, 1.82) is 5.26 Å². The molecule has 0 bridgehead atoms. The number of nitriles is 1. The Hall–Kier alpha value is -1.86. The normalized spacial score (nSPS) is 10.7. The molecule has 4 nitrogen and oxygen atoms in total. The van der Waals surface area contributed by atoms with E-state index in [0.29, 0.717) is 5.56 Å². The summed E-state index contributed by atoms with van der Waals surface area (Å²) in [5, 5.41) is 17.8.